The Morgan fingerprint density at radius 1 is 1.30 bits per heavy atom. The second-order valence-corrected chi connectivity index (χ2v) is 4.63. The Kier molecular flexibility index (Phi) is 4.45. The molecule has 2 aromatic rings. The van der Waals surface area contributed by atoms with Crippen molar-refractivity contribution in [2.24, 2.45) is 7.05 Å². The molecule has 2 rings (SSSR count). The van der Waals surface area contributed by atoms with Gasteiger partial charge in [-0.05, 0) is 31.0 Å². The fraction of sp³-hybridized carbons (Fsp3) is 0.357. The maximum Gasteiger partial charge on any atom is 0.220 e. The zero-order valence-corrected chi connectivity index (χ0v) is 11.6. The molecule has 6 heteroatoms. The van der Waals surface area contributed by atoms with Crippen LogP contribution in [-0.4, -0.2) is 20.7 Å². The molecule has 0 aliphatic heterocycles. The Labute approximate surface area is 116 Å². The van der Waals surface area contributed by atoms with Crippen LogP contribution in [0.2, 0.25) is 0 Å². The quantitative estimate of drug-likeness (QED) is 0.900. The van der Waals surface area contributed by atoms with Crippen molar-refractivity contribution in [1.29, 1.82) is 0 Å². The molecule has 0 unspecified atom stereocenters. The van der Waals surface area contributed by atoms with Gasteiger partial charge in [0.15, 0.2) is 5.82 Å². The number of aromatic nitrogens is 3. The SMILES string of the molecule is Cc1nnc(CNC(=O)CCc2ccc(F)cc2)n1C. The van der Waals surface area contributed by atoms with E-state index in [1.54, 1.807) is 12.1 Å². The van der Waals surface area contributed by atoms with Crippen LogP contribution in [0.1, 0.15) is 23.6 Å². The van der Waals surface area contributed by atoms with E-state index >= 15 is 0 Å². The molecule has 1 N–H and O–H groups in total. The minimum Gasteiger partial charge on any atom is -0.349 e. The first-order chi connectivity index (χ1) is 9.56. The van der Waals surface area contributed by atoms with Crippen molar-refractivity contribution in [3.63, 3.8) is 0 Å². The lowest BCUT2D eigenvalue weighted by Crippen LogP contribution is -2.24. The molecular formula is C14H17FN4O. The molecule has 0 atom stereocenters. The molecule has 1 amide bonds. The number of rotatable bonds is 5. The fourth-order valence-electron chi connectivity index (χ4n) is 1.78. The highest BCUT2D eigenvalue weighted by molar-refractivity contribution is 5.76. The number of amides is 1. The second-order valence-electron chi connectivity index (χ2n) is 4.63. The van der Waals surface area contributed by atoms with E-state index in [4.69, 9.17) is 0 Å². The molecule has 0 spiro atoms. The van der Waals surface area contributed by atoms with Gasteiger partial charge in [-0.15, -0.1) is 10.2 Å². The normalized spacial score (nSPS) is 10.6. The average Bonchev–Trinajstić information content (AvgIpc) is 2.76. The zero-order valence-electron chi connectivity index (χ0n) is 11.6. The van der Waals surface area contributed by atoms with Crippen molar-refractivity contribution in [1.82, 2.24) is 20.1 Å². The number of halogens is 1. The largest absolute Gasteiger partial charge is 0.349 e. The number of nitrogens with zero attached hydrogens (tertiary/aromatic N) is 3. The van der Waals surface area contributed by atoms with Gasteiger partial charge in [0.25, 0.3) is 0 Å². The van der Waals surface area contributed by atoms with E-state index in [1.165, 1.54) is 12.1 Å². The van der Waals surface area contributed by atoms with Gasteiger partial charge in [0, 0.05) is 13.5 Å². The van der Waals surface area contributed by atoms with E-state index in [2.05, 4.69) is 15.5 Å². The van der Waals surface area contributed by atoms with Crippen LogP contribution in [0.15, 0.2) is 24.3 Å². The molecule has 106 valence electrons. The second kappa shape index (κ2) is 6.27. The molecule has 0 aliphatic carbocycles. The maximum atomic E-state index is 12.7. The van der Waals surface area contributed by atoms with E-state index in [1.807, 2.05) is 18.5 Å². The van der Waals surface area contributed by atoms with Gasteiger partial charge in [-0.3, -0.25) is 4.79 Å². The summed E-state index contributed by atoms with van der Waals surface area (Å²) in [6, 6.07) is 6.18. The first kappa shape index (κ1) is 14.2. The minimum absolute atomic E-state index is 0.0602. The smallest absolute Gasteiger partial charge is 0.220 e. The zero-order chi connectivity index (χ0) is 14.5. The van der Waals surface area contributed by atoms with Crippen LogP contribution in [0, 0.1) is 12.7 Å². The van der Waals surface area contributed by atoms with Crippen LogP contribution in [0.3, 0.4) is 0 Å². The minimum atomic E-state index is -0.268. The molecule has 1 aromatic heterocycles. The summed E-state index contributed by atoms with van der Waals surface area (Å²) >= 11 is 0. The average molecular weight is 276 g/mol. The summed E-state index contributed by atoms with van der Waals surface area (Å²) < 4.78 is 14.6. The molecule has 0 bridgehead atoms. The predicted molar refractivity (Wildman–Crippen MR) is 72.3 cm³/mol. The van der Waals surface area contributed by atoms with Gasteiger partial charge in [0.05, 0.1) is 6.54 Å². The third-order valence-corrected chi connectivity index (χ3v) is 3.18. The molecule has 0 aliphatic rings. The summed E-state index contributed by atoms with van der Waals surface area (Å²) in [5, 5.41) is 10.7. The van der Waals surface area contributed by atoms with Crippen LogP contribution in [0.5, 0.6) is 0 Å². The van der Waals surface area contributed by atoms with Crippen molar-refractivity contribution in [2.75, 3.05) is 0 Å². The first-order valence-electron chi connectivity index (χ1n) is 6.42. The highest BCUT2D eigenvalue weighted by atomic mass is 19.1. The number of aryl methyl sites for hydroxylation is 2. The Morgan fingerprint density at radius 3 is 2.60 bits per heavy atom. The molecule has 0 saturated heterocycles. The monoisotopic (exact) mass is 276 g/mol. The molecule has 0 radical (unpaired) electrons. The molecule has 1 heterocycles. The van der Waals surface area contributed by atoms with Crippen molar-refractivity contribution in [3.8, 4) is 0 Å². The third-order valence-electron chi connectivity index (χ3n) is 3.18. The summed E-state index contributed by atoms with van der Waals surface area (Å²) in [6.45, 7) is 2.21. The number of hydrogen-bond acceptors (Lipinski definition) is 3. The van der Waals surface area contributed by atoms with Crippen LogP contribution in [-0.2, 0) is 24.8 Å². The summed E-state index contributed by atoms with van der Waals surface area (Å²) in [6.07, 6.45) is 0.951. The number of carbonyl (C=O) groups is 1. The molecule has 5 nitrogen and oxygen atoms in total. The summed E-state index contributed by atoms with van der Waals surface area (Å²) in [7, 11) is 1.86. The van der Waals surface area contributed by atoms with Crippen molar-refractivity contribution >= 4 is 5.91 Å². The lowest BCUT2D eigenvalue weighted by atomic mass is 10.1. The Balaban J connectivity index is 1.78. The van der Waals surface area contributed by atoms with E-state index in [0.29, 0.717) is 19.4 Å². The Morgan fingerprint density at radius 2 is 2.00 bits per heavy atom. The highest BCUT2D eigenvalue weighted by Gasteiger charge is 2.07. The Hall–Kier alpha value is -2.24. The van der Waals surface area contributed by atoms with Crippen molar-refractivity contribution in [3.05, 3.63) is 47.3 Å². The standard InChI is InChI=1S/C14H17FN4O/c1-10-17-18-13(19(10)2)9-16-14(20)8-5-11-3-6-12(15)7-4-11/h3-4,6-7H,5,8-9H2,1-2H3,(H,16,20). The van der Waals surface area contributed by atoms with Crippen LogP contribution in [0.4, 0.5) is 4.39 Å². The lowest BCUT2D eigenvalue weighted by molar-refractivity contribution is -0.121. The van der Waals surface area contributed by atoms with Crippen LogP contribution in [0.25, 0.3) is 0 Å². The van der Waals surface area contributed by atoms with Gasteiger partial charge in [0.2, 0.25) is 5.91 Å². The first-order valence-corrected chi connectivity index (χ1v) is 6.42. The van der Waals surface area contributed by atoms with Gasteiger partial charge in [-0.2, -0.15) is 0 Å². The molecule has 0 fully saturated rings. The number of hydrogen-bond donors (Lipinski definition) is 1. The molecule has 20 heavy (non-hydrogen) atoms. The summed E-state index contributed by atoms with van der Waals surface area (Å²) in [4.78, 5) is 11.7. The predicted octanol–water partition coefficient (Wildman–Crippen LogP) is 1.51. The van der Waals surface area contributed by atoms with Crippen molar-refractivity contribution in [2.45, 2.75) is 26.3 Å². The van der Waals surface area contributed by atoms with E-state index in [9.17, 15) is 9.18 Å². The Bertz CT molecular complexity index is 592. The fourth-order valence-corrected chi connectivity index (χ4v) is 1.78. The molecule has 1 aromatic carbocycles. The summed E-state index contributed by atoms with van der Waals surface area (Å²) in [5.41, 5.74) is 0.941. The maximum absolute atomic E-state index is 12.7. The van der Waals surface area contributed by atoms with Gasteiger partial charge < -0.3 is 9.88 Å². The highest BCUT2D eigenvalue weighted by Crippen LogP contribution is 2.05. The van der Waals surface area contributed by atoms with E-state index in [-0.39, 0.29) is 11.7 Å². The molecular weight excluding hydrogens is 259 g/mol. The summed E-state index contributed by atoms with van der Waals surface area (Å²) in [5.74, 6) is 1.20. The molecule has 0 saturated carbocycles. The van der Waals surface area contributed by atoms with Gasteiger partial charge in [-0.25, -0.2) is 4.39 Å². The number of benzene rings is 1. The third kappa shape index (κ3) is 3.63. The van der Waals surface area contributed by atoms with Crippen LogP contribution < -0.4 is 5.32 Å². The van der Waals surface area contributed by atoms with Gasteiger partial charge in [0.1, 0.15) is 11.6 Å². The van der Waals surface area contributed by atoms with Crippen LogP contribution >= 0.6 is 0 Å². The topological polar surface area (TPSA) is 59.8 Å². The van der Waals surface area contributed by atoms with E-state index in [0.717, 1.165) is 17.2 Å². The lowest BCUT2D eigenvalue weighted by Gasteiger charge is -2.05. The number of carbonyl (C=O) groups excluding carboxylic acids is 1. The van der Waals surface area contributed by atoms with Gasteiger partial charge in [-0.1, -0.05) is 12.1 Å². The van der Waals surface area contributed by atoms with Gasteiger partial charge >= 0.3 is 0 Å². The number of nitrogens with one attached hydrogen (secondary N) is 1. The van der Waals surface area contributed by atoms with E-state index < -0.39 is 0 Å². The van der Waals surface area contributed by atoms with Crippen molar-refractivity contribution < 1.29 is 9.18 Å².